The van der Waals surface area contributed by atoms with Gasteiger partial charge in [-0.1, -0.05) is 13.8 Å². The predicted octanol–water partition coefficient (Wildman–Crippen LogP) is 2.18. The first kappa shape index (κ1) is 37.8. The van der Waals surface area contributed by atoms with Crippen LogP contribution in [0.2, 0.25) is 0 Å². The van der Waals surface area contributed by atoms with Crippen molar-refractivity contribution in [2.75, 3.05) is 25.1 Å². The van der Waals surface area contributed by atoms with Crippen molar-refractivity contribution >= 4 is 49.8 Å². The number of H-pyrrole nitrogens is 1. The molecule has 1 saturated heterocycles. The summed E-state index contributed by atoms with van der Waals surface area (Å²) in [5, 5.41) is 21.5. The number of aromatic amines is 1. The number of imidazole rings is 1. The van der Waals surface area contributed by atoms with Gasteiger partial charge >= 0.3 is 15.0 Å². The van der Waals surface area contributed by atoms with E-state index in [0.29, 0.717) is 0 Å². The third kappa shape index (κ3) is 9.08. The number of aromatic nitrogens is 6. The SMILES string of the molecule is CC(C)C(=O)Nc1nc2c(ncn2[C@@H]2O[C@H](CO)[C@@H](F)[C@H]2O[P@](=S)(OCCC#N)OC[C@H]2C[C@@H](Oc3ccncn3)C[C@@H]2O[P+](=O)O)c(=O)[nH]1. The molecule has 4 heterocycles. The number of nitriles is 1. The number of carbonyl (C=O) groups is 1. The lowest BCUT2D eigenvalue weighted by Gasteiger charge is -2.29. The Hall–Kier alpha value is -3.41. The number of aliphatic hydroxyl groups is 1. The van der Waals surface area contributed by atoms with Crippen LogP contribution in [-0.4, -0.2) is 95.8 Å². The molecule has 9 atom stereocenters. The van der Waals surface area contributed by atoms with E-state index >= 15 is 4.39 Å². The number of halogens is 1. The molecule has 4 N–H and O–H groups in total. The van der Waals surface area contributed by atoms with Gasteiger partial charge in [0.25, 0.3) is 5.56 Å². The van der Waals surface area contributed by atoms with Crippen molar-refractivity contribution in [2.24, 2.45) is 11.8 Å². The molecular weight excluding hydrogens is 725 g/mol. The molecule has 1 unspecified atom stereocenters. The van der Waals surface area contributed by atoms with E-state index in [0.717, 1.165) is 6.33 Å². The van der Waals surface area contributed by atoms with Crippen LogP contribution >= 0.6 is 15.0 Å². The molecule has 0 spiro atoms. The van der Waals surface area contributed by atoms with Crippen LogP contribution in [-0.2, 0) is 44.0 Å². The molecule has 0 radical (unpaired) electrons. The van der Waals surface area contributed by atoms with Gasteiger partial charge in [-0.15, -0.1) is 9.42 Å². The van der Waals surface area contributed by atoms with Gasteiger partial charge in [0.05, 0.1) is 38.6 Å². The summed E-state index contributed by atoms with van der Waals surface area (Å²) < 4.78 is 63.5. The summed E-state index contributed by atoms with van der Waals surface area (Å²) in [6.07, 6.45) is -3.48. The van der Waals surface area contributed by atoms with Gasteiger partial charge in [-0.05, 0) is 18.2 Å². The molecule has 1 aliphatic heterocycles. The molecule has 5 rings (SSSR count). The van der Waals surface area contributed by atoms with Gasteiger partial charge in [0, 0.05) is 35.1 Å². The summed E-state index contributed by atoms with van der Waals surface area (Å²) in [5.74, 6) is -1.35. The summed E-state index contributed by atoms with van der Waals surface area (Å²) in [6, 6.07) is 3.46. The molecule has 1 saturated carbocycles. The lowest BCUT2D eigenvalue weighted by Crippen LogP contribution is -2.32. The lowest BCUT2D eigenvalue weighted by atomic mass is 10.1. The molecule has 3 aromatic heterocycles. The first-order valence-electron chi connectivity index (χ1n) is 15.3. The minimum Gasteiger partial charge on any atom is -0.474 e. The number of hydrogen-bond donors (Lipinski definition) is 4. The Morgan fingerprint density at radius 2 is 2.16 bits per heavy atom. The van der Waals surface area contributed by atoms with Crippen molar-refractivity contribution in [3.05, 3.63) is 35.3 Å². The second kappa shape index (κ2) is 16.7. The highest BCUT2D eigenvalue weighted by Crippen LogP contribution is 2.55. The van der Waals surface area contributed by atoms with Crippen LogP contribution in [0.15, 0.2) is 29.7 Å². The smallest absolute Gasteiger partial charge is 0.474 e. The number of nitrogens with one attached hydrogen (secondary N) is 2. The molecule has 0 aromatic carbocycles. The Bertz CT molecular complexity index is 1820. The molecule has 0 bridgehead atoms. The number of fused-ring (bicyclic) bond motifs is 1. The van der Waals surface area contributed by atoms with Gasteiger partial charge in [-0.25, -0.2) is 19.3 Å². The zero-order valence-corrected chi connectivity index (χ0v) is 29.2. The summed E-state index contributed by atoms with van der Waals surface area (Å²) in [6.45, 7) is -1.94. The Morgan fingerprint density at radius 3 is 2.84 bits per heavy atom. The first-order chi connectivity index (χ1) is 23.9. The number of ether oxygens (including phenoxy) is 2. The Kier molecular flexibility index (Phi) is 12.7. The van der Waals surface area contributed by atoms with Crippen molar-refractivity contribution in [1.82, 2.24) is 29.5 Å². The minimum atomic E-state index is -3.97. The zero-order valence-electron chi connectivity index (χ0n) is 26.6. The third-order valence-electron chi connectivity index (χ3n) is 7.73. The van der Waals surface area contributed by atoms with Crippen molar-refractivity contribution in [3.8, 4) is 11.9 Å². The van der Waals surface area contributed by atoms with Crippen LogP contribution in [0.5, 0.6) is 5.88 Å². The Morgan fingerprint density at radius 1 is 1.36 bits per heavy atom. The summed E-state index contributed by atoms with van der Waals surface area (Å²) in [7, 11) is -3.00. The van der Waals surface area contributed by atoms with Crippen molar-refractivity contribution in [3.63, 3.8) is 0 Å². The van der Waals surface area contributed by atoms with E-state index in [-0.39, 0.29) is 55.5 Å². The first-order valence-corrected chi connectivity index (χ1v) is 19.0. The van der Waals surface area contributed by atoms with Crippen LogP contribution in [0, 0.1) is 23.2 Å². The summed E-state index contributed by atoms with van der Waals surface area (Å²) >= 11 is 5.68. The standard InChI is InChI=1S/C27H33FN8O11P2S/c1-14(2)24(38)34-27-33-23-21(25(39)35-27)32-13-36(23)26-22(20(28)18(10-37)45-26)47-49(50,42-7-3-5-29)43-11-15-8-16(9-17(15)46-48(40)41)44-19-4-6-30-12-31-19/h4,6,12-18,20,22,26,37H,3,7-11H2,1-2H3,(H2-,33,34,35,38,39,40,41)/p+1/t15-,16-,17+,18-,20-,22-,26-,49+/m1/s1. The van der Waals surface area contributed by atoms with Gasteiger partial charge in [0.15, 0.2) is 23.6 Å². The molecule has 1 amide bonds. The van der Waals surface area contributed by atoms with Crippen LogP contribution in [0.25, 0.3) is 11.2 Å². The van der Waals surface area contributed by atoms with E-state index in [2.05, 4.69) is 30.2 Å². The molecule has 1 aliphatic carbocycles. The molecule has 2 fully saturated rings. The monoisotopic (exact) mass is 759 g/mol. The number of rotatable bonds is 16. The highest BCUT2D eigenvalue weighted by atomic mass is 32.5. The molecule has 23 heteroatoms. The lowest BCUT2D eigenvalue weighted by molar-refractivity contribution is -0.118. The fourth-order valence-corrected chi connectivity index (χ4v) is 7.92. The highest BCUT2D eigenvalue weighted by molar-refractivity contribution is 8.07. The molecule has 3 aromatic rings. The quantitative estimate of drug-likeness (QED) is 0.121. The van der Waals surface area contributed by atoms with Crippen molar-refractivity contribution in [2.45, 2.75) is 69.9 Å². The third-order valence-corrected chi connectivity index (χ3v) is 10.5. The fraction of sp³-hybridized carbons (Fsp3) is 0.593. The Balaban J connectivity index is 1.40. The fourth-order valence-electron chi connectivity index (χ4n) is 5.32. The number of aliphatic hydroxyl groups excluding tert-OH is 1. The summed E-state index contributed by atoms with van der Waals surface area (Å²) in [5.41, 5.74) is -0.963. The van der Waals surface area contributed by atoms with E-state index in [1.165, 1.54) is 17.1 Å². The zero-order chi connectivity index (χ0) is 36.0. The maximum absolute atomic E-state index is 15.9. The highest BCUT2D eigenvalue weighted by Gasteiger charge is 2.51. The maximum Gasteiger partial charge on any atom is 0.695 e. The normalized spacial score (nSPS) is 26.5. The van der Waals surface area contributed by atoms with Gasteiger partial charge in [-0.2, -0.15) is 10.2 Å². The molecule has 19 nitrogen and oxygen atoms in total. The predicted molar refractivity (Wildman–Crippen MR) is 173 cm³/mol. The Labute approximate surface area is 289 Å². The number of anilines is 1. The second-order valence-corrected chi connectivity index (χ2v) is 15.2. The minimum absolute atomic E-state index is 0.101. The average Bonchev–Trinajstić information content (AvgIpc) is 3.75. The number of hydrogen-bond acceptors (Lipinski definition) is 16. The second-order valence-electron chi connectivity index (χ2n) is 11.5. The number of alkyl halides is 1. The average molecular weight is 760 g/mol. The molecular formula is C27H34FN8O11P2S+. The van der Waals surface area contributed by atoms with Crippen molar-refractivity contribution < 1.29 is 51.3 Å². The number of amides is 1. The van der Waals surface area contributed by atoms with Gasteiger partial charge in [0.1, 0.15) is 30.7 Å². The van der Waals surface area contributed by atoms with Crippen LogP contribution in [0.4, 0.5) is 10.3 Å². The summed E-state index contributed by atoms with van der Waals surface area (Å²) in [4.78, 5) is 53.3. The van der Waals surface area contributed by atoms with E-state index in [4.69, 9.17) is 44.6 Å². The van der Waals surface area contributed by atoms with E-state index in [1.54, 1.807) is 19.9 Å². The number of carbonyl (C=O) groups excluding carboxylic acids is 1. The van der Waals surface area contributed by atoms with Crippen LogP contribution in [0.3, 0.4) is 0 Å². The molecule has 2 aliphatic rings. The van der Waals surface area contributed by atoms with Crippen LogP contribution < -0.4 is 15.6 Å². The number of nitrogens with zero attached hydrogens (tertiary/aromatic N) is 6. The van der Waals surface area contributed by atoms with E-state index in [9.17, 15) is 24.2 Å². The van der Waals surface area contributed by atoms with Gasteiger partial charge in [0.2, 0.25) is 17.7 Å². The molecule has 50 heavy (non-hydrogen) atoms. The maximum atomic E-state index is 15.9. The molecule has 270 valence electrons. The van der Waals surface area contributed by atoms with E-state index in [1.807, 2.05) is 6.07 Å². The van der Waals surface area contributed by atoms with E-state index < -0.39 is 81.7 Å². The van der Waals surface area contributed by atoms with Gasteiger partial charge < -0.3 is 23.6 Å². The largest absolute Gasteiger partial charge is 0.695 e. The van der Waals surface area contributed by atoms with Crippen molar-refractivity contribution in [1.29, 1.82) is 5.26 Å². The topological polar surface area (TPSA) is 255 Å². The van der Waals surface area contributed by atoms with Crippen LogP contribution in [0.1, 0.15) is 39.3 Å². The van der Waals surface area contributed by atoms with Gasteiger partial charge in [-0.3, -0.25) is 29.0 Å².